The quantitative estimate of drug-likeness (QED) is 0.877. The first kappa shape index (κ1) is 13.4. The van der Waals surface area contributed by atoms with Crippen LogP contribution in [0.4, 0.5) is 0 Å². The molecule has 0 heterocycles. The highest BCUT2D eigenvalue weighted by Gasteiger charge is 2.15. The largest absolute Gasteiger partial charge is 0.496 e. The highest BCUT2D eigenvalue weighted by Crippen LogP contribution is 2.28. The number of hydrogen-bond acceptors (Lipinski definition) is 2. The average Bonchev–Trinajstić information content (AvgIpc) is 2.86. The average molecular weight is 247 g/mol. The normalized spacial score (nSPS) is 16.2. The number of hydrogen-bond donors (Lipinski definition) is 1. The van der Waals surface area contributed by atoms with Crippen molar-refractivity contribution in [1.82, 2.24) is 5.32 Å². The van der Waals surface area contributed by atoms with E-state index in [9.17, 15) is 0 Å². The van der Waals surface area contributed by atoms with Crippen molar-refractivity contribution in [3.05, 3.63) is 28.3 Å². The van der Waals surface area contributed by atoms with Gasteiger partial charge in [-0.15, -0.1) is 0 Å². The zero-order valence-electron chi connectivity index (χ0n) is 12.1. The summed E-state index contributed by atoms with van der Waals surface area (Å²) in [7, 11) is 1.76. The van der Waals surface area contributed by atoms with E-state index in [1.54, 1.807) is 7.11 Å². The Morgan fingerprint density at radius 2 is 1.83 bits per heavy atom. The number of benzene rings is 1. The molecule has 2 nitrogen and oxygen atoms in total. The van der Waals surface area contributed by atoms with E-state index in [0.717, 1.165) is 18.3 Å². The zero-order chi connectivity index (χ0) is 13.1. The van der Waals surface area contributed by atoms with Gasteiger partial charge in [0.2, 0.25) is 0 Å². The van der Waals surface area contributed by atoms with Crippen LogP contribution in [0.15, 0.2) is 6.07 Å². The molecule has 0 atom stereocenters. The summed E-state index contributed by atoms with van der Waals surface area (Å²) in [5.74, 6) is 1.04. The second-order valence-corrected chi connectivity index (χ2v) is 5.50. The zero-order valence-corrected chi connectivity index (χ0v) is 12.1. The van der Waals surface area contributed by atoms with Gasteiger partial charge in [-0.05, 0) is 55.9 Å². The summed E-state index contributed by atoms with van der Waals surface area (Å²) >= 11 is 0. The first-order valence-corrected chi connectivity index (χ1v) is 7.00. The second-order valence-electron chi connectivity index (χ2n) is 5.50. The fourth-order valence-electron chi connectivity index (χ4n) is 3.02. The molecule has 100 valence electrons. The Kier molecular flexibility index (Phi) is 4.28. The lowest BCUT2D eigenvalue weighted by Gasteiger charge is -2.18. The van der Waals surface area contributed by atoms with Crippen LogP contribution in [-0.4, -0.2) is 13.2 Å². The molecule has 1 aliphatic carbocycles. The van der Waals surface area contributed by atoms with Crippen molar-refractivity contribution in [3.8, 4) is 5.75 Å². The lowest BCUT2D eigenvalue weighted by molar-refractivity contribution is 0.407. The minimum absolute atomic E-state index is 0.729. The third kappa shape index (κ3) is 2.69. The van der Waals surface area contributed by atoms with E-state index < -0.39 is 0 Å². The third-order valence-electron chi connectivity index (χ3n) is 4.27. The molecule has 0 radical (unpaired) electrons. The molecule has 0 bridgehead atoms. The first-order chi connectivity index (χ1) is 8.63. The van der Waals surface area contributed by atoms with Gasteiger partial charge in [-0.2, -0.15) is 0 Å². The fourth-order valence-corrected chi connectivity index (χ4v) is 3.02. The molecule has 1 aliphatic rings. The van der Waals surface area contributed by atoms with Crippen molar-refractivity contribution in [2.24, 2.45) is 0 Å². The van der Waals surface area contributed by atoms with Crippen LogP contribution in [0.5, 0.6) is 5.75 Å². The summed E-state index contributed by atoms with van der Waals surface area (Å²) in [6.07, 6.45) is 5.45. The number of methoxy groups -OCH3 is 1. The number of ether oxygens (including phenoxy) is 1. The van der Waals surface area contributed by atoms with Gasteiger partial charge in [-0.25, -0.2) is 0 Å². The van der Waals surface area contributed by atoms with Crippen LogP contribution in [-0.2, 0) is 6.54 Å². The van der Waals surface area contributed by atoms with E-state index in [1.165, 1.54) is 47.9 Å². The molecule has 0 unspecified atom stereocenters. The maximum absolute atomic E-state index is 5.47. The number of nitrogens with one attached hydrogen (secondary N) is 1. The van der Waals surface area contributed by atoms with Gasteiger partial charge < -0.3 is 10.1 Å². The van der Waals surface area contributed by atoms with Gasteiger partial charge in [0.25, 0.3) is 0 Å². The lowest BCUT2D eigenvalue weighted by atomic mass is 9.98. The highest BCUT2D eigenvalue weighted by molar-refractivity contribution is 5.48. The molecule has 18 heavy (non-hydrogen) atoms. The van der Waals surface area contributed by atoms with E-state index in [1.807, 2.05) is 0 Å². The van der Waals surface area contributed by atoms with Crippen LogP contribution in [0.3, 0.4) is 0 Å². The molecule has 1 aromatic rings. The molecule has 0 aromatic heterocycles. The molecular weight excluding hydrogens is 222 g/mol. The molecular formula is C16H25NO. The van der Waals surface area contributed by atoms with Crippen LogP contribution in [0.2, 0.25) is 0 Å². The summed E-state index contributed by atoms with van der Waals surface area (Å²) in [5.41, 5.74) is 5.30. The molecule has 0 aliphatic heterocycles. The van der Waals surface area contributed by atoms with Crippen molar-refractivity contribution in [2.75, 3.05) is 7.11 Å². The van der Waals surface area contributed by atoms with Crippen molar-refractivity contribution >= 4 is 0 Å². The van der Waals surface area contributed by atoms with E-state index >= 15 is 0 Å². The molecule has 2 rings (SSSR count). The SMILES string of the molecule is COc1c(C)cc(CNC2CCCC2)c(C)c1C. The van der Waals surface area contributed by atoms with E-state index in [4.69, 9.17) is 4.74 Å². The van der Waals surface area contributed by atoms with Gasteiger partial charge in [-0.1, -0.05) is 18.9 Å². The standard InChI is InChI=1S/C16H25NO/c1-11-9-14(10-17-15-7-5-6-8-15)12(2)13(3)16(11)18-4/h9,15,17H,5-8,10H2,1-4H3. The number of aryl methyl sites for hydroxylation is 1. The predicted octanol–water partition coefficient (Wildman–Crippen LogP) is 3.65. The van der Waals surface area contributed by atoms with Gasteiger partial charge in [0, 0.05) is 12.6 Å². The summed E-state index contributed by atoms with van der Waals surface area (Å²) in [6, 6.07) is 3.00. The summed E-state index contributed by atoms with van der Waals surface area (Å²) in [4.78, 5) is 0. The Morgan fingerprint density at radius 1 is 1.17 bits per heavy atom. The van der Waals surface area contributed by atoms with Gasteiger partial charge >= 0.3 is 0 Å². The van der Waals surface area contributed by atoms with Crippen LogP contribution in [0.25, 0.3) is 0 Å². The molecule has 0 spiro atoms. The first-order valence-electron chi connectivity index (χ1n) is 7.00. The number of rotatable bonds is 4. The van der Waals surface area contributed by atoms with E-state index in [2.05, 4.69) is 32.2 Å². The van der Waals surface area contributed by atoms with Crippen molar-refractivity contribution < 1.29 is 4.74 Å². The van der Waals surface area contributed by atoms with Gasteiger partial charge in [-0.3, -0.25) is 0 Å². The van der Waals surface area contributed by atoms with Gasteiger partial charge in [0.05, 0.1) is 7.11 Å². The second kappa shape index (κ2) is 5.75. The Bertz CT molecular complexity index is 420. The van der Waals surface area contributed by atoms with Crippen LogP contribution in [0.1, 0.15) is 47.9 Å². The molecule has 0 amide bonds. The van der Waals surface area contributed by atoms with E-state index in [-0.39, 0.29) is 0 Å². The maximum atomic E-state index is 5.47. The summed E-state index contributed by atoms with van der Waals surface area (Å²) in [6.45, 7) is 7.47. The molecule has 1 N–H and O–H groups in total. The lowest BCUT2D eigenvalue weighted by Crippen LogP contribution is -2.25. The minimum Gasteiger partial charge on any atom is -0.496 e. The molecule has 2 heteroatoms. The highest BCUT2D eigenvalue weighted by atomic mass is 16.5. The van der Waals surface area contributed by atoms with Crippen LogP contribution >= 0.6 is 0 Å². The van der Waals surface area contributed by atoms with Crippen molar-refractivity contribution in [3.63, 3.8) is 0 Å². The Labute approximate surface area is 111 Å². The van der Waals surface area contributed by atoms with Crippen LogP contribution in [0, 0.1) is 20.8 Å². The van der Waals surface area contributed by atoms with Crippen molar-refractivity contribution in [2.45, 2.75) is 59.0 Å². The third-order valence-corrected chi connectivity index (χ3v) is 4.27. The Morgan fingerprint density at radius 3 is 2.44 bits per heavy atom. The molecule has 0 saturated heterocycles. The minimum atomic E-state index is 0.729. The van der Waals surface area contributed by atoms with Crippen molar-refractivity contribution in [1.29, 1.82) is 0 Å². The predicted molar refractivity (Wildman–Crippen MR) is 76.3 cm³/mol. The maximum Gasteiger partial charge on any atom is 0.124 e. The summed E-state index contributed by atoms with van der Waals surface area (Å²) in [5, 5.41) is 3.69. The Balaban J connectivity index is 2.12. The fraction of sp³-hybridized carbons (Fsp3) is 0.625. The smallest absolute Gasteiger partial charge is 0.124 e. The van der Waals surface area contributed by atoms with E-state index in [0.29, 0.717) is 0 Å². The Hall–Kier alpha value is -1.02. The van der Waals surface area contributed by atoms with Gasteiger partial charge in [0.1, 0.15) is 5.75 Å². The topological polar surface area (TPSA) is 21.3 Å². The molecule has 1 fully saturated rings. The summed E-state index contributed by atoms with van der Waals surface area (Å²) < 4.78 is 5.47. The molecule has 1 aromatic carbocycles. The van der Waals surface area contributed by atoms with Crippen LogP contribution < -0.4 is 10.1 Å². The van der Waals surface area contributed by atoms with Gasteiger partial charge in [0.15, 0.2) is 0 Å². The molecule has 1 saturated carbocycles. The monoisotopic (exact) mass is 247 g/mol.